The molecule has 36 heteroatoms. The molecule has 0 saturated carbocycles. The van der Waals surface area contributed by atoms with Crippen LogP contribution in [0, 0.1) is 0 Å². The minimum absolute atomic E-state index is 0.897. The fourth-order valence-electron chi connectivity index (χ4n) is 9.77. The van der Waals surface area contributed by atoms with Gasteiger partial charge in [0.05, 0.1) is 46.2 Å². The van der Waals surface area contributed by atoms with Gasteiger partial charge in [-0.3, -0.25) is 0 Å². The first-order chi connectivity index (χ1) is 36.9. The van der Waals surface area contributed by atoms with E-state index >= 15 is 0 Å². The summed E-state index contributed by atoms with van der Waals surface area (Å²) in [5, 5.41) is 245. The van der Waals surface area contributed by atoms with Gasteiger partial charge < -0.3 is 179 Å². The van der Waals surface area contributed by atoms with Gasteiger partial charge in [-0.05, 0) is 0 Å². The van der Waals surface area contributed by atoms with E-state index in [4.69, 9.17) is 61.6 Å². The molecule has 7 rings (SSSR count). The summed E-state index contributed by atoms with van der Waals surface area (Å²) in [6.07, 6.45) is -70.7. The molecule has 23 N–H and O–H groups in total. The van der Waals surface area contributed by atoms with Crippen molar-refractivity contribution in [2.45, 2.75) is 215 Å². The van der Waals surface area contributed by atoms with Crippen LogP contribution in [-0.2, 0) is 61.6 Å². The fourth-order valence-corrected chi connectivity index (χ4v) is 9.77. The molecule has 0 bridgehead atoms. The third-order valence-corrected chi connectivity index (χ3v) is 14.5. The van der Waals surface area contributed by atoms with Crippen molar-refractivity contribution in [3.8, 4) is 0 Å². The van der Waals surface area contributed by atoms with Gasteiger partial charge in [0, 0.05) is 0 Å². The Hall–Kier alpha value is -1.44. The number of ether oxygens (including phenoxy) is 13. The third kappa shape index (κ3) is 13.2. The van der Waals surface area contributed by atoms with Crippen molar-refractivity contribution in [3.63, 3.8) is 0 Å². The van der Waals surface area contributed by atoms with Crippen LogP contribution < -0.4 is 0 Å². The normalized spacial score (nSPS) is 53.5. The summed E-state index contributed by atoms with van der Waals surface area (Å²) in [7, 11) is 0. The van der Waals surface area contributed by atoms with E-state index in [1.807, 2.05) is 0 Å². The molecule has 7 aliphatic rings. The van der Waals surface area contributed by atoms with Crippen molar-refractivity contribution in [1.29, 1.82) is 0 Å². The van der Waals surface area contributed by atoms with Crippen molar-refractivity contribution in [2.75, 3.05) is 46.2 Å². The topological polar surface area (TPSA) is 585 Å². The van der Waals surface area contributed by atoms with Crippen molar-refractivity contribution >= 4 is 0 Å². The van der Waals surface area contributed by atoms with Crippen LogP contribution in [0.5, 0.6) is 0 Å². The van der Waals surface area contributed by atoms with Crippen LogP contribution in [0.4, 0.5) is 0 Å². The Labute approximate surface area is 439 Å². The average molecular weight is 1150 g/mol. The molecular weight excluding hydrogens is 1080 g/mol. The molecule has 0 spiro atoms. The summed E-state index contributed by atoms with van der Waals surface area (Å²) in [4.78, 5) is 0. The number of rotatable bonds is 19. The van der Waals surface area contributed by atoms with Crippen LogP contribution in [0.3, 0.4) is 0 Å². The first-order valence-corrected chi connectivity index (χ1v) is 24.7. The second-order valence-corrected chi connectivity index (χ2v) is 19.6. The van der Waals surface area contributed by atoms with Crippen molar-refractivity contribution < 1.29 is 179 Å². The molecule has 456 valence electrons. The van der Waals surface area contributed by atoms with E-state index in [1.54, 1.807) is 0 Å². The third-order valence-electron chi connectivity index (χ3n) is 14.5. The number of hydrogen-bond acceptors (Lipinski definition) is 36. The van der Waals surface area contributed by atoms with Gasteiger partial charge >= 0.3 is 0 Å². The van der Waals surface area contributed by atoms with E-state index in [2.05, 4.69) is 0 Å². The summed E-state index contributed by atoms with van der Waals surface area (Å²) < 4.78 is 72.6. The van der Waals surface area contributed by atoms with Crippen LogP contribution in [0.1, 0.15) is 0 Å². The Balaban J connectivity index is 1.19. The smallest absolute Gasteiger partial charge is 0.187 e. The fraction of sp³-hybridized carbons (Fsp3) is 1.00. The SMILES string of the molecule is OC[C@H]1O[C@@H](OC[C@H]2O[C@@H](O[C@@H]3[C@@H](O)[C@H](O)O[C@H](CO)[C@H]3O)[C@H](O)[C@@H](O[C@@H]3O[C@H](CO[C@@H]4O[C@H](CO)[C@@H](O)[C@H](O)[C@H]4O)[C@@H](O)[C@H](O[C@@H]4O[C@H](CO)[C@@H](O)[C@H](O[C@@H]5O[C@H](CO)[C@@H](O)[C@H](O)[C@H]5O)[C@H]4O)[C@H]3O)[C@@H]2O)[C@H](O)[C@@H](O)[C@@H]1O. The van der Waals surface area contributed by atoms with Gasteiger partial charge in [0.1, 0.15) is 171 Å². The molecule has 0 amide bonds. The summed E-state index contributed by atoms with van der Waals surface area (Å²) >= 11 is 0. The zero-order valence-electron chi connectivity index (χ0n) is 40.8. The van der Waals surface area contributed by atoms with Crippen molar-refractivity contribution in [2.24, 2.45) is 0 Å². The van der Waals surface area contributed by atoms with E-state index in [1.165, 1.54) is 0 Å². The molecule has 0 unspecified atom stereocenters. The number of aliphatic hydroxyl groups excluding tert-OH is 23. The largest absolute Gasteiger partial charge is 0.394 e. The predicted molar refractivity (Wildman–Crippen MR) is 232 cm³/mol. The Morgan fingerprint density at radius 1 is 0.218 bits per heavy atom. The lowest BCUT2D eigenvalue weighted by molar-refractivity contribution is -0.399. The Kier molecular flexibility index (Phi) is 22.6. The zero-order chi connectivity index (χ0) is 57.3. The lowest BCUT2D eigenvalue weighted by atomic mass is 9.95. The lowest BCUT2D eigenvalue weighted by Crippen LogP contribution is -2.68. The molecule has 0 aliphatic carbocycles. The van der Waals surface area contributed by atoms with Gasteiger partial charge in [-0.2, -0.15) is 0 Å². The molecule has 0 radical (unpaired) electrons. The maximum Gasteiger partial charge on any atom is 0.187 e. The highest BCUT2D eigenvalue weighted by molar-refractivity contribution is 5.00. The molecule has 36 nitrogen and oxygen atoms in total. The van der Waals surface area contributed by atoms with E-state index < -0.39 is 261 Å². The Morgan fingerprint density at radius 2 is 0.449 bits per heavy atom. The van der Waals surface area contributed by atoms with Crippen LogP contribution in [0.15, 0.2) is 0 Å². The predicted octanol–water partition coefficient (Wildman–Crippen LogP) is -16.3. The van der Waals surface area contributed by atoms with Crippen molar-refractivity contribution in [3.05, 3.63) is 0 Å². The zero-order valence-corrected chi connectivity index (χ0v) is 40.8. The van der Waals surface area contributed by atoms with Gasteiger partial charge in [-0.25, -0.2) is 0 Å². The Morgan fingerprint density at radius 3 is 0.769 bits per heavy atom. The number of aliphatic hydroxyl groups is 23. The van der Waals surface area contributed by atoms with Gasteiger partial charge in [0.25, 0.3) is 0 Å². The van der Waals surface area contributed by atoms with E-state index in [9.17, 15) is 117 Å². The number of hydrogen-bond donors (Lipinski definition) is 23. The van der Waals surface area contributed by atoms with Gasteiger partial charge in [-0.1, -0.05) is 0 Å². The van der Waals surface area contributed by atoms with Gasteiger partial charge in [0.15, 0.2) is 44.0 Å². The maximum absolute atomic E-state index is 12.0. The lowest BCUT2D eigenvalue weighted by Gasteiger charge is -2.50. The molecular formula is C42H72O36. The second-order valence-electron chi connectivity index (χ2n) is 19.6. The molecule has 0 aromatic rings. The molecule has 7 aliphatic heterocycles. The minimum atomic E-state index is -2.44. The van der Waals surface area contributed by atoms with E-state index in [0.717, 1.165) is 0 Å². The molecule has 7 heterocycles. The highest BCUT2D eigenvalue weighted by Crippen LogP contribution is 2.37. The standard InChI is InChI=1S/C42H72O36/c43-1-8-15(48)22(55)25(58)37(69-8)66-6-13-21(54)35(30(63)41(73-13)75-32-18(51)11(4-46)68-36(65)28(32)61)78-42-31(64)34(20(53)14(74-42)7-67-38-26(59)23(56)16(49)9(2-44)70-38)77-40-29(62)33(19(52)12(5-47)72-40)76-39-27(60)24(57)17(50)10(3-45)71-39/h8-65H,1-7H2/t8-,9-,10-,11-,12-,13-,14-,15-,16-,17-,18-,19-,20-,21-,22+,23+,24+,25-,26-,27-,28-,29-,30-,31-,32+,33+,34+,35+,36-,37-,38-,39+,40+,41+,42+/m1/s1. The summed E-state index contributed by atoms with van der Waals surface area (Å²) in [5.74, 6) is 0. The first kappa shape index (κ1) is 64.1. The Bertz CT molecular complexity index is 1810. The maximum atomic E-state index is 12.0. The molecule has 7 fully saturated rings. The van der Waals surface area contributed by atoms with E-state index in [-0.39, 0.29) is 0 Å². The molecule has 7 saturated heterocycles. The highest BCUT2D eigenvalue weighted by atomic mass is 16.8. The van der Waals surface area contributed by atoms with Gasteiger partial charge in [0.2, 0.25) is 0 Å². The van der Waals surface area contributed by atoms with Crippen LogP contribution in [-0.4, -0.2) is 379 Å². The van der Waals surface area contributed by atoms with E-state index in [0.29, 0.717) is 0 Å². The molecule has 0 aromatic carbocycles. The molecule has 78 heavy (non-hydrogen) atoms. The second kappa shape index (κ2) is 27.5. The van der Waals surface area contributed by atoms with Crippen LogP contribution in [0.2, 0.25) is 0 Å². The first-order valence-electron chi connectivity index (χ1n) is 24.7. The summed E-state index contributed by atoms with van der Waals surface area (Å²) in [5.41, 5.74) is 0. The van der Waals surface area contributed by atoms with Crippen LogP contribution in [0.25, 0.3) is 0 Å². The van der Waals surface area contributed by atoms with Crippen LogP contribution >= 0.6 is 0 Å². The summed E-state index contributed by atoms with van der Waals surface area (Å²) in [6.45, 7) is -6.74. The molecule has 0 aromatic heterocycles. The summed E-state index contributed by atoms with van der Waals surface area (Å²) in [6, 6.07) is 0. The minimum Gasteiger partial charge on any atom is -0.394 e. The highest BCUT2D eigenvalue weighted by Gasteiger charge is 2.58. The quantitative estimate of drug-likeness (QED) is 0.0571. The van der Waals surface area contributed by atoms with Gasteiger partial charge in [-0.15, -0.1) is 0 Å². The molecule has 35 atom stereocenters. The average Bonchev–Trinajstić information content (AvgIpc) is 3.48. The monoisotopic (exact) mass is 1150 g/mol. The van der Waals surface area contributed by atoms with Crippen molar-refractivity contribution in [1.82, 2.24) is 0 Å².